The number of carbonyl (C=O) groups is 1. The monoisotopic (exact) mass is 302 g/mol. The summed E-state index contributed by atoms with van der Waals surface area (Å²) >= 11 is 0. The van der Waals surface area contributed by atoms with Gasteiger partial charge in [-0.1, -0.05) is 13.0 Å². The fourth-order valence-electron chi connectivity index (χ4n) is 1.73. The van der Waals surface area contributed by atoms with E-state index in [1.54, 1.807) is 6.07 Å². The van der Waals surface area contributed by atoms with Gasteiger partial charge in [0, 0.05) is 13.1 Å². The molecule has 0 aliphatic rings. The molecule has 5 nitrogen and oxygen atoms in total. The summed E-state index contributed by atoms with van der Waals surface area (Å²) < 4.78 is 34.2. The highest BCUT2D eigenvalue weighted by atomic mass is 19.3. The average Bonchev–Trinajstić information content (AvgIpc) is 2.46. The summed E-state index contributed by atoms with van der Waals surface area (Å²) in [6.07, 6.45) is 0.996. The number of amides is 1. The molecule has 0 heterocycles. The third-order valence-electron chi connectivity index (χ3n) is 2.66. The number of carbonyl (C=O) groups excluding carboxylic acids is 1. The number of nitrogens with one attached hydrogen (secondary N) is 2. The molecule has 0 saturated heterocycles. The molecule has 1 aromatic carbocycles. The molecule has 0 aliphatic carbocycles. The number of rotatable bonds is 9. The number of para-hydroxylation sites is 1. The minimum absolute atomic E-state index is 0.0186. The van der Waals surface area contributed by atoms with Gasteiger partial charge in [0.05, 0.1) is 12.7 Å². The van der Waals surface area contributed by atoms with Crippen LogP contribution in [0.4, 0.5) is 8.78 Å². The van der Waals surface area contributed by atoms with E-state index < -0.39 is 12.5 Å². The molecule has 118 valence electrons. The zero-order chi connectivity index (χ0) is 15.7. The van der Waals surface area contributed by atoms with E-state index in [2.05, 4.69) is 15.4 Å². The number of hydrogen-bond acceptors (Lipinski definition) is 4. The first kappa shape index (κ1) is 17.2. The zero-order valence-electron chi connectivity index (χ0n) is 12.1. The van der Waals surface area contributed by atoms with Crippen LogP contribution in [0, 0.1) is 0 Å². The van der Waals surface area contributed by atoms with Gasteiger partial charge < -0.3 is 20.1 Å². The Balaban J connectivity index is 2.73. The number of methoxy groups -OCH3 is 1. The van der Waals surface area contributed by atoms with E-state index in [0.29, 0.717) is 13.1 Å². The zero-order valence-corrected chi connectivity index (χ0v) is 12.1. The van der Waals surface area contributed by atoms with Crippen LogP contribution >= 0.6 is 0 Å². The van der Waals surface area contributed by atoms with Crippen LogP contribution in [0.5, 0.6) is 11.5 Å². The lowest BCUT2D eigenvalue weighted by Crippen LogP contribution is -2.32. The van der Waals surface area contributed by atoms with Gasteiger partial charge >= 0.3 is 6.61 Å². The predicted octanol–water partition coefficient (Wildman–Crippen LogP) is 2.03. The van der Waals surface area contributed by atoms with Crippen molar-refractivity contribution < 1.29 is 23.0 Å². The van der Waals surface area contributed by atoms with Crippen molar-refractivity contribution in [1.29, 1.82) is 0 Å². The summed E-state index contributed by atoms with van der Waals surface area (Å²) in [4.78, 5) is 12.0. The van der Waals surface area contributed by atoms with Crippen LogP contribution in [0.15, 0.2) is 18.2 Å². The molecule has 1 amide bonds. The predicted molar refractivity (Wildman–Crippen MR) is 75.1 cm³/mol. The Labute approximate surface area is 122 Å². The lowest BCUT2D eigenvalue weighted by atomic mass is 10.1. The van der Waals surface area contributed by atoms with Crippen molar-refractivity contribution in [1.82, 2.24) is 10.6 Å². The first-order chi connectivity index (χ1) is 10.1. The number of alkyl halides is 2. The number of ether oxygens (including phenoxy) is 2. The van der Waals surface area contributed by atoms with Gasteiger partial charge in [-0.25, -0.2) is 0 Å². The highest BCUT2D eigenvalue weighted by Crippen LogP contribution is 2.32. The molecule has 0 radical (unpaired) electrons. The smallest absolute Gasteiger partial charge is 0.387 e. The Bertz CT molecular complexity index is 456. The maximum Gasteiger partial charge on any atom is 0.387 e. The summed E-state index contributed by atoms with van der Waals surface area (Å²) in [5.74, 6) is -0.649. The quantitative estimate of drug-likeness (QED) is 0.685. The van der Waals surface area contributed by atoms with Crippen LogP contribution in [0.3, 0.4) is 0 Å². The molecule has 1 aromatic rings. The lowest BCUT2D eigenvalue weighted by molar-refractivity contribution is -0.0515. The SMILES string of the molecule is CCCNCCNC(=O)c1cccc(OC)c1OC(F)F. The Kier molecular flexibility index (Phi) is 7.45. The second-order valence-electron chi connectivity index (χ2n) is 4.22. The summed E-state index contributed by atoms with van der Waals surface area (Å²) in [5.41, 5.74) is 0.0186. The second kappa shape index (κ2) is 9.12. The van der Waals surface area contributed by atoms with Crippen molar-refractivity contribution in [2.75, 3.05) is 26.7 Å². The summed E-state index contributed by atoms with van der Waals surface area (Å²) in [6.45, 7) is 0.864. The van der Waals surface area contributed by atoms with Crippen molar-refractivity contribution in [2.45, 2.75) is 20.0 Å². The third-order valence-corrected chi connectivity index (χ3v) is 2.66. The molecule has 0 atom stereocenters. The van der Waals surface area contributed by atoms with Crippen molar-refractivity contribution in [3.05, 3.63) is 23.8 Å². The average molecular weight is 302 g/mol. The first-order valence-electron chi connectivity index (χ1n) is 6.70. The second-order valence-corrected chi connectivity index (χ2v) is 4.22. The fourth-order valence-corrected chi connectivity index (χ4v) is 1.73. The van der Waals surface area contributed by atoms with Gasteiger partial charge in [0.15, 0.2) is 11.5 Å². The molecule has 0 bridgehead atoms. The molecular weight excluding hydrogens is 282 g/mol. The molecule has 2 N–H and O–H groups in total. The van der Waals surface area contributed by atoms with Crippen LogP contribution in [0.1, 0.15) is 23.7 Å². The minimum atomic E-state index is -3.03. The normalized spacial score (nSPS) is 10.5. The van der Waals surface area contributed by atoms with E-state index in [1.165, 1.54) is 19.2 Å². The first-order valence-corrected chi connectivity index (χ1v) is 6.70. The Morgan fingerprint density at radius 2 is 2.05 bits per heavy atom. The number of benzene rings is 1. The Morgan fingerprint density at radius 1 is 1.29 bits per heavy atom. The standard InChI is InChI=1S/C14H20F2N2O3/c1-3-7-17-8-9-18-13(19)10-5-4-6-11(20-2)12(10)21-14(15)16/h4-6,14,17H,3,7-9H2,1-2H3,(H,18,19). The largest absolute Gasteiger partial charge is 0.493 e. The molecule has 7 heteroatoms. The molecule has 0 aliphatic heterocycles. The van der Waals surface area contributed by atoms with E-state index in [9.17, 15) is 13.6 Å². The van der Waals surface area contributed by atoms with E-state index in [-0.39, 0.29) is 17.1 Å². The van der Waals surface area contributed by atoms with E-state index in [4.69, 9.17) is 4.74 Å². The summed E-state index contributed by atoms with van der Waals surface area (Å²) in [7, 11) is 1.32. The molecule has 0 aromatic heterocycles. The molecule has 0 saturated carbocycles. The van der Waals surface area contributed by atoms with E-state index in [0.717, 1.165) is 13.0 Å². The minimum Gasteiger partial charge on any atom is -0.493 e. The van der Waals surface area contributed by atoms with Crippen molar-refractivity contribution in [3.63, 3.8) is 0 Å². The van der Waals surface area contributed by atoms with E-state index in [1.807, 2.05) is 6.92 Å². The van der Waals surface area contributed by atoms with Gasteiger partial charge in [-0.05, 0) is 25.1 Å². The van der Waals surface area contributed by atoms with Gasteiger partial charge in [-0.3, -0.25) is 4.79 Å². The third kappa shape index (κ3) is 5.55. The fraction of sp³-hybridized carbons (Fsp3) is 0.500. The molecule has 0 spiro atoms. The Morgan fingerprint density at radius 3 is 2.67 bits per heavy atom. The van der Waals surface area contributed by atoms with Gasteiger partial charge in [0.1, 0.15) is 0 Å². The van der Waals surface area contributed by atoms with Gasteiger partial charge in [-0.15, -0.1) is 0 Å². The summed E-state index contributed by atoms with van der Waals surface area (Å²) in [5, 5.41) is 5.76. The van der Waals surface area contributed by atoms with Crippen LogP contribution < -0.4 is 20.1 Å². The van der Waals surface area contributed by atoms with E-state index >= 15 is 0 Å². The van der Waals surface area contributed by atoms with Gasteiger partial charge in [-0.2, -0.15) is 8.78 Å². The van der Waals surface area contributed by atoms with Crippen LogP contribution in [-0.4, -0.2) is 39.3 Å². The molecule has 0 fully saturated rings. The number of hydrogen-bond donors (Lipinski definition) is 2. The van der Waals surface area contributed by atoms with Crippen molar-refractivity contribution >= 4 is 5.91 Å². The Hall–Kier alpha value is -1.89. The van der Waals surface area contributed by atoms with Crippen molar-refractivity contribution in [2.24, 2.45) is 0 Å². The highest BCUT2D eigenvalue weighted by Gasteiger charge is 2.19. The number of halogens is 2. The van der Waals surface area contributed by atoms with Crippen LogP contribution in [0.2, 0.25) is 0 Å². The molecular formula is C14H20F2N2O3. The van der Waals surface area contributed by atoms with Crippen LogP contribution in [0.25, 0.3) is 0 Å². The highest BCUT2D eigenvalue weighted by molar-refractivity contribution is 5.97. The van der Waals surface area contributed by atoms with Gasteiger partial charge in [0.2, 0.25) is 0 Å². The van der Waals surface area contributed by atoms with Crippen LogP contribution in [-0.2, 0) is 0 Å². The molecule has 0 unspecified atom stereocenters. The van der Waals surface area contributed by atoms with Gasteiger partial charge in [0.25, 0.3) is 5.91 Å². The summed E-state index contributed by atoms with van der Waals surface area (Å²) in [6, 6.07) is 4.41. The lowest BCUT2D eigenvalue weighted by Gasteiger charge is -2.14. The molecule has 1 rings (SSSR count). The van der Waals surface area contributed by atoms with Crippen molar-refractivity contribution in [3.8, 4) is 11.5 Å². The topological polar surface area (TPSA) is 59.6 Å². The maximum absolute atomic E-state index is 12.5. The molecule has 21 heavy (non-hydrogen) atoms. The maximum atomic E-state index is 12.5.